The summed E-state index contributed by atoms with van der Waals surface area (Å²) in [7, 11) is 0. The van der Waals surface area contributed by atoms with Gasteiger partial charge in [0.25, 0.3) is 0 Å². The molecule has 0 unspecified atom stereocenters. The molecule has 0 amide bonds. The second-order valence-corrected chi connectivity index (χ2v) is 4.53. The highest BCUT2D eigenvalue weighted by Crippen LogP contribution is 2.37. The lowest BCUT2D eigenvalue weighted by Gasteiger charge is -2.23. The molecule has 2 nitrogen and oxygen atoms in total. The van der Waals surface area contributed by atoms with Crippen LogP contribution in [-0.4, -0.2) is 12.2 Å². The average molecular weight is 227 g/mol. The van der Waals surface area contributed by atoms with E-state index < -0.39 is 5.79 Å². The number of ether oxygens (including phenoxy) is 2. The largest absolute Gasteiger partial charge is 0.340 e. The zero-order valence-corrected chi connectivity index (χ0v) is 9.91. The van der Waals surface area contributed by atoms with Gasteiger partial charge in [0, 0.05) is 10.6 Å². The highest BCUT2D eigenvalue weighted by atomic mass is 35.5. The molecule has 0 spiro atoms. The van der Waals surface area contributed by atoms with Gasteiger partial charge in [-0.2, -0.15) is 0 Å². The molecule has 82 valence electrons. The molecule has 0 radical (unpaired) electrons. The lowest BCUT2D eigenvalue weighted by atomic mass is 10.1. The third-order valence-corrected chi connectivity index (χ3v) is 3.10. The Balaban J connectivity index is 2.27. The molecule has 1 fully saturated rings. The Morgan fingerprint density at radius 1 is 1.07 bits per heavy atom. The van der Waals surface area contributed by atoms with E-state index in [-0.39, 0.29) is 12.2 Å². The Morgan fingerprint density at radius 2 is 1.53 bits per heavy atom. The smallest absolute Gasteiger partial charge is 0.192 e. The minimum Gasteiger partial charge on any atom is -0.340 e. The van der Waals surface area contributed by atoms with E-state index in [1.165, 1.54) is 0 Å². The number of halogens is 1. The topological polar surface area (TPSA) is 18.5 Å². The second-order valence-electron chi connectivity index (χ2n) is 4.10. The normalized spacial score (nSPS) is 29.3. The molecule has 0 aliphatic carbocycles. The van der Waals surface area contributed by atoms with Gasteiger partial charge in [0.2, 0.25) is 0 Å². The Bertz CT molecular complexity index is 337. The molecule has 1 aliphatic heterocycles. The minimum absolute atomic E-state index is 0.116. The summed E-state index contributed by atoms with van der Waals surface area (Å²) in [6, 6.07) is 7.57. The monoisotopic (exact) mass is 226 g/mol. The third kappa shape index (κ3) is 2.03. The van der Waals surface area contributed by atoms with Crippen LogP contribution in [-0.2, 0) is 15.3 Å². The zero-order chi connectivity index (χ0) is 11.1. The molecule has 15 heavy (non-hydrogen) atoms. The van der Waals surface area contributed by atoms with Crippen LogP contribution in [0.1, 0.15) is 26.3 Å². The van der Waals surface area contributed by atoms with Crippen LogP contribution >= 0.6 is 11.6 Å². The fourth-order valence-corrected chi connectivity index (χ4v) is 1.94. The molecule has 1 aromatic rings. The molecule has 2 atom stereocenters. The number of rotatable bonds is 1. The summed E-state index contributed by atoms with van der Waals surface area (Å²) < 4.78 is 11.6. The van der Waals surface area contributed by atoms with Crippen LogP contribution in [0.2, 0.25) is 5.02 Å². The highest BCUT2D eigenvalue weighted by Gasteiger charge is 2.41. The first kappa shape index (κ1) is 10.9. The highest BCUT2D eigenvalue weighted by molar-refractivity contribution is 6.30. The van der Waals surface area contributed by atoms with E-state index in [9.17, 15) is 0 Å². The molecule has 0 N–H and O–H groups in total. The maximum atomic E-state index is 5.84. The van der Waals surface area contributed by atoms with Gasteiger partial charge in [-0.05, 0) is 32.9 Å². The standard InChI is InChI=1S/C12H15ClO2/c1-8-9(2)15-12(3,14-8)10-4-6-11(13)7-5-10/h4-9H,1-3H3/t8-,9-/m0/s1. The summed E-state index contributed by atoms with van der Waals surface area (Å²) in [4.78, 5) is 0. The quantitative estimate of drug-likeness (QED) is 0.731. The fourth-order valence-electron chi connectivity index (χ4n) is 1.82. The van der Waals surface area contributed by atoms with Crippen molar-refractivity contribution in [1.29, 1.82) is 0 Å². The van der Waals surface area contributed by atoms with Crippen molar-refractivity contribution in [3.8, 4) is 0 Å². The Labute approximate surface area is 95.1 Å². The van der Waals surface area contributed by atoms with E-state index in [1.54, 1.807) is 0 Å². The lowest BCUT2D eigenvalue weighted by Crippen LogP contribution is -2.23. The molecule has 0 saturated carbocycles. The SMILES string of the molecule is C[C@@H]1OC(C)(c2ccc(Cl)cc2)O[C@H]1C. The molecule has 2 rings (SSSR count). The Kier molecular flexibility index (Phi) is 2.75. The zero-order valence-electron chi connectivity index (χ0n) is 9.16. The van der Waals surface area contributed by atoms with Crippen molar-refractivity contribution in [1.82, 2.24) is 0 Å². The van der Waals surface area contributed by atoms with Crippen LogP contribution in [0, 0.1) is 0 Å². The van der Waals surface area contributed by atoms with Crippen molar-refractivity contribution in [2.45, 2.75) is 38.8 Å². The van der Waals surface area contributed by atoms with Crippen LogP contribution in [0.4, 0.5) is 0 Å². The van der Waals surface area contributed by atoms with Crippen LogP contribution < -0.4 is 0 Å². The van der Waals surface area contributed by atoms with Crippen molar-refractivity contribution in [2.24, 2.45) is 0 Å². The predicted octanol–water partition coefficient (Wildman–Crippen LogP) is 3.34. The molecule has 0 bridgehead atoms. The van der Waals surface area contributed by atoms with Crippen molar-refractivity contribution in [3.05, 3.63) is 34.9 Å². The van der Waals surface area contributed by atoms with Gasteiger partial charge in [-0.3, -0.25) is 0 Å². The Hall–Kier alpha value is -0.570. The third-order valence-electron chi connectivity index (χ3n) is 2.85. The predicted molar refractivity (Wildman–Crippen MR) is 59.9 cm³/mol. The van der Waals surface area contributed by atoms with E-state index in [2.05, 4.69) is 0 Å². The number of hydrogen-bond acceptors (Lipinski definition) is 2. The summed E-state index contributed by atoms with van der Waals surface area (Å²) in [6.07, 6.45) is 0.233. The molecule has 1 saturated heterocycles. The molecule has 1 heterocycles. The van der Waals surface area contributed by atoms with Crippen LogP contribution in [0.5, 0.6) is 0 Å². The molecule has 1 aromatic carbocycles. The number of benzene rings is 1. The van der Waals surface area contributed by atoms with E-state index in [0.29, 0.717) is 0 Å². The summed E-state index contributed by atoms with van der Waals surface area (Å²) in [5.41, 5.74) is 1.00. The van der Waals surface area contributed by atoms with E-state index in [4.69, 9.17) is 21.1 Å². The first-order valence-electron chi connectivity index (χ1n) is 5.13. The number of hydrogen-bond donors (Lipinski definition) is 0. The van der Waals surface area contributed by atoms with Crippen molar-refractivity contribution < 1.29 is 9.47 Å². The van der Waals surface area contributed by atoms with Crippen molar-refractivity contribution in [3.63, 3.8) is 0 Å². The van der Waals surface area contributed by atoms with Gasteiger partial charge in [0.05, 0.1) is 12.2 Å². The van der Waals surface area contributed by atoms with Gasteiger partial charge < -0.3 is 9.47 Å². The first-order valence-corrected chi connectivity index (χ1v) is 5.51. The maximum absolute atomic E-state index is 5.84. The van der Waals surface area contributed by atoms with Crippen LogP contribution in [0.15, 0.2) is 24.3 Å². The van der Waals surface area contributed by atoms with Crippen molar-refractivity contribution in [2.75, 3.05) is 0 Å². The van der Waals surface area contributed by atoms with Gasteiger partial charge >= 0.3 is 0 Å². The van der Waals surface area contributed by atoms with Gasteiger partial charge in [-0.1, -0.05) is 23.7 Å². The molecule has 0 aromatic heterocycles. The molecular weight excluding hydrogens is 212 g/mol. The minimum atomic E-state index is -0.635. The van der Waals surface area contributed by atoms with E-state index in [1.807, 2.05) is 45.0 Å². The second kappa shape index (κ2) is 3.78. The summed E-state index contributed by atoms with van der Waals surface area (Å²) in [5.74, 6) is -0.635. The van der Waals surface area contributed by atoms with Gasteiger partial charge in [-0.25, -0.2) is 0 Å². The van der Waals surface area contributed by atoms with Gasteiger partial charge in [0.1, 0.15) is 0 Å². The molecule has 3 heteroatoms. The summed E-state index contributed by atoms with van der Waals surface area (Å²) in [5, 5.41) is 0.724. The molecule has 1 aliphatic rings. The fraction of sp³-hybridized carbons (Fsp3) is 0.500. The summed E-state index contributed by atoms with van der Waals surface area (Å²) in [6.45, 7) is 5.98. The van der Waals surface area contributed by atoms with Gasteiger partial charge in [-0.15, -0.1) is 0 Å². The summed E-state index contributed by atoms with van der Waals surface area (Å²) >= 11 is 5.84. The van der Waals surface area contributed by atoms with Crippen molar-refractivity contribution >= 4 is 11.6 Å². The van der Waals surface area contributed by atoms with Crippen LogP contribution in [0.25, 0.3) is 0 Å². The van der Waals surface area contributed by atoms with E-state index in [0.717, 1.165) is 10.6 Å². The molecular formula is C12H15ClO2. The lowest BCUT2D eigenvalue weighted by molar-refractivity contribution is -0.166. The Morgan fingerprint density at radius 3 is 2.00 bits per heavy atom. The maximum Gasteiger partial charge on any atom is 0.192 e. The average Bonchev–Trinajstić information content (AvgIpc) is 2.43. The first-order chi connectivity index (χ1) is 7.01. The van der Waals surface area contributed by atoms with Gasteiger partial charge in [0.15, 0.2) is 5.79 Å². The van der Waals surface area contributed by atoms with E-state index >= 15 is 0 Å². The van der Waals surface area contributed by atoms with Crippen LogP contribution in [0.3, 0.4) is 0 Å².